The average molecular weight is 185 g/mol. The molecule has 1 saturated heterocycles. The van der Waals surface area contributed by atoms with Gasteiger partial charge in [0.2, 0.25) is 5.91 Å². The van der Waals surface area contributed by atoms with Gasteiger partial charge in [0.25, 0.3) is 0 Å². The highest BCUT2D eigenvalue weighted by atomic mass is 16.5. The number of amides is 1. The Morgan fingerprint density at radius 3 is 3.00 bits per heavy atom. The molecular weight excluding hydrogens is 166 g/mol. The van der Waals surface area contributed by atoms with Crippen LogP contribution in [0.25, 0.3) is 0 Å². The van der Waals surface area contributed by atoms with Crippen LogP contribution in [0.3, 0.4) is 0 Å². The van der Waals surface area contributed by atoms with Gasteiger partial charge in [-0.3, -0.25) is 4.79 Å². The molecule has 1 aliphatic rings. The molecule has 1 aliphatic heterocycles. The summed E-state index contributed by atoms with van der Waals surface area (Å²) in [6.45, 7) is 5.58. The van der Waals surface area contributed by atoms with Crippen molar-refractivity contribution in [2.75, 3.05) is 13.2 Å². The fraction of sp³-hybridized carbons (Fsp3) is 0.900. The van der Waals surface area contributed by atoms with E-state index in [-0.39, 0.29) is 17.9 Å². The first-order valence-corrected chi connectivity index (χ1v) is 5.09. The van der Waals surface area contributed by atoms with E-state index in [1.165, 1.54) is 0 Å². The van der Waals surface area contributed by atoms with Gasteiger partial charge in [0.05, 0.1) is 6.10 Å². The summed E-state index contributed by atoms with van der Waals surface area (Å²) in [5, 5.41) is 2.88. The quantitative estimate of drug-likeness (QED) is 0.717. The van der Waals surface area contributed by atoms with Crippen molar-refractivity contribution in [3.05, 3.63) is 0 Å². The molecule has 76 valence electrons. The minimum absolute atomic E-state index is 0.187. The number of ether oxygens (including phenoxy) is 1. The molecule has 0 aromatic rings. The van der Waals surface area contributed by atoms with Crippen LogP contribution in [0.15, 0.2) is 0 Å². The Morgan fingerprint density at radius 1 is 1.62 bits per heavy atom. The molecule has 0 bridgehead atoms. The van der Waals surface area contributed by atoms with Crippen molar-refractivity contribution in [2.24, 2.45) is 5.92 Å². The highest BCUT2D eigenvalue weighted by Crippen LogP contribution is 2.15. The highest BCUT2D eigenvalue weighted by molar-refractivity contribution is 5.79. The van der Waals surface area contributed by atoms with E-state index in [4.69, 9.17) is 4.74 Å². The lowest BCUT2D eigenvalue weighted by atomic mass is 9.96. The molecule has 0 aliphatic carbocycles. The average Bonchev–Trinajstić information content (AvgIpc) is 2.08. The number of hydrogen-bond acceptors (Lipinski definition) is 2. The van der Waals surface area contributed by atoms with E-state index in [9.17, 15) is 4.79 Å². The van der Waals surface area contributed by atoms with Crippen LogP contribution in [0, 0.1) is 5.92 Å². The zero-order chi connectivity index (χ0) is 9.68. The van der Waals surface area contributed by atoms with Crippen molar-refractivity contribution in [1.82, 2.24) is 5.32 Å². The van der Waals surface area contributed by atoms with Crippen molar-refractivity contribution < 1.29 is 9.53 Å². The van der Waals surface area contributed by atoms with Crippen molar-refractivity contribution in [3.63, 3.8) is 0 Å². The van der Waals surface area contributed by atoms with Crippen LogP contribution < -0.4 is 5.32 Å². The second-order valence-electron chi connectivity index (χ2n) is 3.84. The minimum Gasteiger partial charge on any atom is -0.379 e. The summed E-state index contributed by atoms with van der Waals surface area (Å²) in [6, 6.07) is 0. The fourth-order valence-electron chi connectivity index (χ4n) is 1.56. The normalized spacial score (nSPS) is 23.3. The van der Waals surface area contributed by atoms with Crippen molar-refractivity contribution in [2.45, 2.75) is 39.2 Å². The van der Waals surface area contributed by atoms with Gasteiger partial charge in [-0.1, -0.05) is 0 Å². The predicted molar refractivity (Wildman–Crippen MR) is 51.4 cm³/mol. The highest BCUT2D eigenvalue weighted by Gasteiger charge is 2.21. The van der Waals surface area contributed by atoms with Gasteiger partial charge in [-0.15, -0.1) is 0 Å². The molecule has 1 N–H and O–H groups in total. The molecule has 3 heteroatoms. The Morgan fingerprint density at radius 2 is 2.38 bits per heavy atom. The van der Waals surface area contributed by atoms with Gasteiger partial charge in [-0.05, 0) is 33.1 Å². The molecule has 1 unspecified atom stereocenters. The Bertz CT molecular complexity index is 168. The maximum absolute atomic E-state index is 11.3. The fourth-order valence-corrected chi connectivity index (χ4v) is 1.56. The third-order valence-electron chi connectivity index (χ3n) is 2.32. The molecule has 0 saturated carbocycles. The molecule has 1 atom stereocenters. The Balaban J connectivity index is 2.15. The molecule has 0 aromatic carbocycles. The summed E-state index contributed by atoms with van der Waals surface area (Å²) >= 11 is 0. The number of carbonyl (C=O) groups excluding carboxylic acids is 1. The maximum atomic E-state index is 11.3. The van der Waals surface area contributed by atoms with Crippen LogP contribution in [0.4, 0.5) is 0 Å². The lowest BCUT2D eigenvalue weighted by molar-refractivity contribution is -0.127. The second kappa shape index (κ2) is 5.22. The molecule has 1 fully saturated rings. The number of rotatable bonds is 4. The summed E-state index contributed by atoms with van der Waals surface area (Å²) in [4.78, 5) is 11.3. The van der Waals surface area contributed by atoms with Gasteiger partial charge in [0.1, 0.15) is 0 Å². The maximum Gasteiger partial charge on any atom is 0.223 e. The zero-order valence-corrected chi connectivity index (χ0v) is 8.51. The molecule has 13 heavy (non-hydrogen) atoms. The summed E-state index contributed by atoms with van der Waals surface area (Å²) in [7, 11) is 0. The lowest BCUT2D eigenvalue weighted by Gasteiger charge is -2.21. The Hall–Kier alpha value is -0.570. The molecule has 1 rings (SSSR count). The Labute approximate surface area is 79.8 Å². The third-order valence-corrected chi connectivity index (χ3v) is 2.32. The summed E-state index contributed by atoms with van der Waals surface area (Å²) in [5.41, 5.74) is 0. The number of piperidine rings is 1. The van der Waals surface area contributed by atoms with Crippen LogP contribution in [-0.2, 0) is 9.53 Å². The number of nitrogens with one attached hydrogen (secondary N) is 1. The SMILES string of the molecule is CC(C)OCCC1CCCNC1=O. The third kappa shape index (κ3) is 3.77. The van der Waals surface area contributed by atoms with Crippen LogP contribution in [0.1, 0.15) is 33.1 Å². The standard InChI is InChI=1S/C10H19NO2/c1-8(2)13-7-5-9-4-3-6-11-10(9)12/h8-9H,3-7H2,1-2H3,(H,11,12). The summed E-state index contributed by atoms with van der Waals surface area (Å²) in [6.07, 6.45) is 3.27. The van der Waals surface area contributed by atoms with Gasteiger partial charge < -0.3 is 10.1 Å². The molecule has 0 spiro atoms. The first-order chi connectivity index (χ1) is 6.20. The van der Waals surface area contributed by atoms with E-state index in [1.807, 2.05) is 13.8 Å². The topological polar surface area (TPSA) is 38.3 Å². The summed E-state index contributed by atoms with van der Waals surface area (Å²) < 4.78 is 5.41. The largest absolute Gasteiger partial charge is 0.379 e. The van der Waals surface area contributed by atoms with Crippen molar-refractivity contribution in [1.29, 1.82) is 0 Å². The zero-order valence-electron chi connectivity index (χ0n) is 8.51. The first-order valence-electron chi connectivity index (χ1n) is 5.09. The van der Waals surface area contributed by atoms with Crippen LogP contribution in [0.2, 0.25) is 0 Å². The van der Waals surface area contributed by atoms with Gasteiger partial charge in [-0.2, -0.15) is 0 Å². The van der Waals surface area contributed by atoms with E-state index >= 15 is 0 Å². The van der Waals surface area contributed by atoms with Gasteiger partial charge in [0, 0.05) is 19.1 Å². The second-order valence-corrected chi connectivity index (χ2v) is 3.84. The van der Waals surface area contributed by atoms with Crippen LogP contribution in [0.5, 0.6) is 0 Å². The Kier molecular flexibility index (Phi) is 4.22. The van der Waals surface area contributed by atoms with Gasteiger partial charge in [-0.25, -0.2) is 0 Å². The minimum atomic E-state index is 0.187. The van der Waals surface area contributed by atoms with E-state index in [2.05, 4.69) is 5.32 Å². The van der Waals surface area contributed by atoms with E-state index in [1.54, 1.807) is 0 Å². The number of carbonyl (C=O) groups is 1. The lowest BCUT2D eigenvalue weighted by Crippen LogP contribution is -2.37. The monoisotopic (exact) mass is 185 g/mol. The van der Waals surface area contributed by atoms with Crippen LogP contribution >= 0.6 is 0 Å². The summed E-state index contributed by atoms with van der Waals surface area (Å²) in [5.74, 6) is 0.395. The van der Waals surface area contributed by atoms with Gasteiger partial charge >= 0.3 is 0 Å². The smallest absolute Gasteiger partial charge is 0.223 e. The van der Waals surface area contributed by atoms with Crippen molar-refractivity contribution in [3.8, 4) is 0 Å². The molecule has 1 amide bonds. The van der Waals surface area contributed by atoms with Crippen molar-refractivity contribution >= 4 is 5.91 Å². The van der Waals surface area contributed by atoms with Gasteiger partial charge in [0.15, 0.2) is 0 Å². The van der Waals surface area contributed by atoms with E-state index in [0.717, 1.165) is 25.8 Å². The molecule has 0 radical (unpaired) electrons. The molecule has 0 aromatic heterocycles. The molecular formula is C10H19NO2. The predicted octanol–water partition coefficient (Wildman–Crippen LogP) is 1.33. The molecule has 3 nitrogen and oxygen atoms in total. The van der Waals surface area contributed by atoms with E-state index < -0.39 is 0 Å². The number of hydrogen-bond donors (Lipinski definition) is 1. The first kappa shape index (κ1) is 10.5. The van der Waals surface area contributed by atoms with E-state index in [0.29, 0.717) is 6.61 Å². The molecule has 1 heterocycles. The van der Waals surface area contributed by atoms with Crippen LogP contribution in [-0.4, -0.2) is 25.2 Å².